The molecule has 0 unspecified atom stereocenters. The van der Waals surface area contributed by atoms with Crippen LogP contribution in [0.1, 0.15) is 19.4 Å². The molecule has 0 radical (unpaired) electrons. The van der Waals surface area contributed by atoms with Gasteiger partial charge in [-0.15, -0.1) is 0 Å². The maximum absolute atomic E-state index is 13.0. The molecule has 0 aliphatic rings. The van der Waals surface area contributed by atoms with Crippen LogP contribution in [0.4, 0.5) is 4.39 Å². The Bertz CT molecular complexity index is 584. The fraction of sp³-hybridized carbons (Fsp3) is 0.462. The van der Waals surface area contributed by atoms with Crippen molar-refractivity contribution in [1.82, 2.24) is 4.72 Å². The van der Waals surface area contributed by atoms with Crippen LogP contribution < -0.4 is 4.72 Å². The summed E-state index contributed by atoms with van der Waals surface area (Å²) in [6.07, 6.45) is 0. The van der Waals surface area contributed by atoms with E-state index in [4.69, 9.17) is 4.74 Å². The second-order valence-corrected chi connectivity index (χ2v) is 6.86. The van der Waals surface area contributed by atoms with Crippen LogP contribution in [0.5, 0.6) is 0 Å². The summed E-state index contributed by atoms with van der Waals surface area (Å²) in [6.45, 7) is 3.24. The molecule has 0 bridgehead atoms. The number of amides is 1. The van der Waals surface area contributed by atoms with Gasteiger partial charge in [-0.05, 0) is 31.5 Å². The van der Waals surface area contributed by atoms with Crippen molar-refractivity contribution in [1.29, 1.82) is 0 Å². The maximum Gasteiger partial charge on any atom is 0.241 e. The van der Waals surface area contributed by atoms with E-state index in [1.54, 1.807) is 13.8 Å². The SMILES string of the molecule is COCC(C)(C)C(=O)NS(=O)(=O)Cc1cccc(F)c1. The molecular formula is C13H18FNO4S. The minimum absolute atomic E-state index is 0.0916. The molecule has 0 heterocycles. The number of rotatable bonds is 6. The molecule has 7 heteroatoms. The van der Waals surface area contributed by atoms with Crippen molar-refractivity contribution in [2.75, 3.05) is 13.7 Å². The molecule has 1 amide bonds. The van der Waals surface area contributed by atoms with E-state index < -0.39 is 32.9 Å². The van der Waals surface area contributed by atoms with Crippen LogP contribution in [0.2, 0.25) is 0 Å². The first-order chi connectivity index (χ1) is 9.16. The number of hydrogen-bond donors (Lipinski definition) is 1. The summed E-state index contributed by atoms with van der Waals surface area (Å²) in [4.78, 5) is 11.9. The molecular weight excluding hydrogens is 285 g/mol. The van der Waals surface area contributed by atoms with Gasteiger partial charge in [-0.25, -0.2) is 12.8 Å². The van der Waals surface area contributed by atoms with Gasteiger partial charge in [0.1, 0.15) is 5.82 Å². The monoisotopic (exact) mass is 303 g/mol. The van der Waals surface area contributed by atoms with Crippen molar-refractivity contribution in [2.24, 2.45) is 5.41 Å². The summed E-state index contributed by atoms with van der Waals surface area (Å²) in [5, 5.41) is 0. The van der Waals surface area contributed by atoms with Gasteiger partial charge < -0.3 is 4.74 Å². The Morgan fingerprint density at radius 1 is 1.40 bits per heavy atom. The Morgan fingerprint density at radius 3 is 2.60 bits per heavy atom. The van der Waals surface area contributed by atoms with Gasteiger partial charge in [0.15, 0.2) is 0 Å². The highest BCUT2D eigenvalue weighted by molar-refractivity contribution is 7.89. The van der Waals surface area contributed by atoms with Gasteiger partial charge >= 0.3 is 0 Å². The van der Waals surface area contributed by atoms with Crippen LogP contribution >= 0.6 is 0 Å². The fourth-order valence-electron chi connectivity index (χ4n) is 1.59. The molecule has 0 aliphatic heterocycles. The number of halogens is 1. The highest BCUT2D eigenvalue weighted by atomic mass is 32.2. The third-order valence-corrected chi connectivity index (χ3v) is 3.82. The topological polar surface area (TPSA) is 72.5 Å². The third-order valence-electron chi connectivity index (χ3n) is 2.61. The largest absolute Gasteiger partial charge is 0.384 e. The van der Waals surface area contributed by atoms with Crippen LogP contribution in [0.3, 0.4) is 0 Å². The minimum Gasteiger partial charge on any atom is -0.384 e. The second kappa shape index (κ2) is 6.32. The Labute approximate surface area is 118 Å². The molecule has 0 atom stereocenters. The highest BCUT2D eigenvalue weighted by Crippen LogP contribution is 2.16. The van der Waals surface area contributed by atoms with E-state index in [9.17, 15) is 17.6 Å². The average Bonchev–Trinajstić information content (AvgIpc) is 2.27. The first kappa shape index (κ1) is 16.6. The minimum atomic E-state index is -3.87. The van der Waals surface area contributed by atoms with Crippen LogP contribution in [-0.4, -0.2) is 28.0 Å². The molecule has 0 spiro atoms. The zero-order chi connectivity index (χ0) is 15.4. The highest BCUT2D eigenvalue weighted by Gasteiger charge is 2.30. The van der Waals surface area contributed by atoms with Crippen LogP contribution in [0.25, 0.3) is 0 Å². The van der Waals surface area contributed by atoms with Gasteiger partial charge in [-0.3, -0.25) is 9.52 Å². The van der Waals surface area contributed by atoms with E-state index in [1.807, 2.05) is 4.72 Å². The van der Waals surface area contributed by atoms with Gasteiger partial charge in [-0.1, -0.05) is 12.1 Å². The van der Waals surface area contributed by atoms with Crippen molar-refractivity contribution < 1.29 is 22.3 Å². The van der Waals surface area contributed by atoms with Crippen LogP contribution in [-0.2, 0) is 25.3 Å². The van der Waals surface area contributed by atoms with E-state index >= 15 is 0 Å². The lowest BCUT2D eigenvalue weighted by atomic mass is 9.94. The zero-order valence-corrected chi connectivity index (χ0v) is 12.5. The summed E-state index contributed by atoms with van der Waals surface area (Å²) >= 11 is 0. The predicted molar refractivity (Wildman–Crippen MR) is 72.8 cm³/mol. The van der Waals surface area contributed by atoms with Crippen molar-refractivity contribution in [2.45, 2.75) is 19.6 Å². The number of carbonyl (C=O) groups excluding carboxylic acids is 1. The quantitative estimate of drug-likeness (QED) is 0.863. The molecule has 0 saturated heterocycles. The number of sulfonamides is 1. The van der Waals surface area contributed by atoms with Gasteiger partial charge in [0.05, 0.1) is 17.8 Å². The van der Waals surface area contributed by atoms with Crippen molar-refractivity contribution in [3.05, 3.63) is 35.6 Å². The number of hydrogen-bond acceptors (Lipinski definition) is 4. The van der Waals surface area contributed by atoms with E-state index in [2.05, 4.69) is 0 Å². The van der Waals surface area contributed by atoms with Gasteiger partial charge in [0, 0.05) is 7.11 Å². The van der Waals surface area contributed by atoms with E-state index in [0.717, 1.165) is 6.07 Å². The summed E-state index contributed by atoms with van der Waals surface area (Å²) in [6, 6.07) is 5.23. The standard InChI is InChI=1S/C13H18FNO4S/c1-13(2,9-19-3)12(16)15-20(17,18)8-10-5-4-6-11(14)7-10/h4-7H,8-9H2,1-3H3,(H,15,16). The Kier molecular flexibility index (Phi) is 5.24. The molecule has 20 heavy (non-hydrogen) atoms. The number of nitrogens with one attached hydrogen (secondary N) is 1. The van der Waals surface area contributed by atoms with Crippen LogP contribution in [0, 0.1) is 11.2 Å². The van der Waals surface area contributed by atoms with E-state index in [-0.39, 0.29) is 12.2 Å². The molecule has 5 nitrogen and oxygen atoms in total. The van der Waals surface area contributed by atoms with Crippen molar-refractivity contribution >= 4 is 15.9 Å². The van der Waals surface area contributed by atoms with E-state index in [0.29, 0.717) is 0 Å². The molecule has 1 aromatic rings. The molecule has 0 saturated carbocycles. The van der Waals surface area contributed by atoms with Gasteiger partial charge in [0.2, 0.25) is 15.9 Å². The smallest absolute Gasteiger partial charge is 0.241 e. The molecule has 0 fully saturated rings. The predicted octanol–water partition coefficient (Wildman–Crippen LogP) is 1.44. The molecule has 0 aromatic heterocycles. The average molecular weight is 303 g/mol. The number of carbonyl (C=O) groups is 1. The first-order valence-corrected chi connectivity index (χ1v) is 7.60. The Balaban J connectivity index is 2.78. The number of benzene rings is 1. The summed E-state index contributed by atoms with van der Waals surface area (Å²) in [5.74, 6) is -1.64. The van der Waals surface area contributed by atoms with Crippen molar-refractivity contribution in [3.8, 4) is 0 Å². The van der Waals surface area contributed by atoms with Crippen molar-refractivity contribution in [3.63, 3.8) is 0 Å². The van der Waals surface area contributed by atoms with Gasteiger partial charge in [0.25, 0.3) is 0 Å². The Hall–Kier alpha value is -1.47. The van der Waals surface area contributed by atoms with Crippen LogP contribution in [0.15, 0.2) is 24.3 Å². The Morgan fingerprint density at radius 2 is 2.05 bits per heavy atom. The lowest BCUT2D eigenvalue weighted by Gasteiger charge is -2.22. The number of methoxy groups -OCH3 is 1. The zero-order valence-electron chi connectivity index (χ0n) is 11.6. The normalized spacial score (nSPS) is 12.2. The summed E-state index contributed by atoms with van der Waals surface area (Å²) in [7, 11) is -2.45. The molecule has 1 N–H and O–H groups in total. The molecule has 1 aromatic carbocycles. The molecule has 0 aliphatic carbocycles. The lowest BCUT2D eigenvalue weighted by Crippen LogP contribution is -2.43. The van der Waals surface area contributed by atoms with E-state index in [1.165, 1.54) is 25.3 Å². The third kappa shape index (κ3) is 4.90. The number of ether oxygens (including phenoxy) is 1. The molecule has 112 valence electrons. The lowest BCUT2D eigenvalue weighted by molar-refractivity contribution is -0.130. The first-order valence-electron chi connectivity index (χ1n) is 5.94. The summed E-state index contributed by atoms with van der Waals surface area (Å²) < 4.78 is 43.6. The van der Waals surface area contributed by atoms with Gasteiger partial charge in [-0.2, -0.15) is 0 Å². The summed E-state index contributed by atoms with van der Waals surface area (Å²) in [5.41, 5.74) is -0.695. The molecule has 1 rings (SSSR count). The fourth-order valence-corrected chi connectivity index (χ4v) is 2.84. The maximum atomic E-state index is 13.0. The second-order valence-electron chi connectivity index (χ2n) is 5.14.